The molecule has 12 atom stereocenters. The summed E-state index contributed by atoms with van der Waals surface area (Å²) in [6, 6.07) is 35.3. The summed E-state index contributed by atoms with van der Waals surface area (Å²) in [5, 5.41) is 58.6. The van der Waals surface area contributed by atoms with Gasteiger partial charge in [-0.1, -0.05) is 148 Å². The zero-order valence-electron chi connectivity index (χ0n) is 63.1. The van der Waals surface area contributed by atoms with Crippen LogP contribution in [0.3, 0.4) is 0 Å². The van der Waals surface area contributed by atoms with Crippen LogP contribution in [0.2, 0.25) is 0 Å². The van der Waals surface area contributed by atoms with Crippen molar-refractivity contribution in [2.45, 2.75) is 204 Å². The second-order valence-corrected chi connectivity index (χ2v) is 30.7. The number of aromatic nitrogens is 2. The van der Waals surface area contributed by atoms with Crippen LogP contribution in [0.4, 0.5) is 0 Å². The number of amides is 8. The van der Waals surface area contributed by atoms with Crippen molar-refractivity contribution in [2.24, 2.45) is 35.1 Å². The number of nitrogens with two attached hydrogens (primary N) is 2. The van der Waals surface area contributed by atoms with E-state index >= 15 is 0 Å². The molecule has 20 N–H and O–H groups in total. The minimum absolute atomic E-state index is 0. The summed E-state index contributed by atoms with van der Waals surface area (Å²) in [7, 11) is 0. The van der Waals surface area contributed by atoms with Crippen molar-refractivity contribution in [2.75, 3.05) is 26.2 Å². The number of aliphatic hydroxyl groups is 2. The number of piperidine rings is 2. The molecule has 0 spiro atoms. The van der Waals surface area contributed by atoms with Crippen molar-refractivity contribution in [3.05, 3.63) is 156 Å². The smallest absolute Gasteiger partial charge is 0.303 e. The number of carbonyl (C=O) groups is 10. The Morgan fingerprint density at radius 1 is 0.459 bits per heavy atom. The minimum Gasteiger partial charge on any atom is -0.481 e. The van der Waals surface area contributed by atoms with E-state index in [9.17, 15) is 58.2 Å². The second kappa shape index (κ2) is 42.2. The van der Waals surface area contributed by atoms with E-state index in [1.54, 1.807) is 36.4 Å². The zero-order chi connectivity index (χ0) is 76.8. The summed E-state index contributed by atoms with van der Waals surface area (Å²) < 4.78 is 0. The van der Waals surface area contributed by atoms with Crippen molar-refractivity contribution in [3.8, 4) is 0 Å². The Kier molecular flexibility index (Phi) is 34.7. The fourth-order valence-corrected chi connectivity index (χ4v) is 14.7. The summed E-state index contributed by atoms with van der Waals surface area (Å²) in [5.41, 5.74) is 13.4. The molecule has 0 radical (unpaired) electrons. The highest BCUT2D eigenvalue weighted by Gasteiger charge is 2.44. The van der Waals surface area contributed by atoms with E-state index in [1.807, 2.05) is 139 Å². The third kappa shape index (κ3) is 28.3. The molecule has 4 aromatic carbocycles. The number of fused-ring (bicyclic) bond motifs is 4. The summed E-state index contributed by atoms with van der Waals surface area (Å²) in [4.78, 5) is 138. The van der Waals surface area contributed by atoms with Gasteiger partial charge in [-0.2, -0.15) is 0 Å². The maximum Gasteiger partial charge on any atom is 0.303 e. The average molecular weight is 1510 g/mol. The first-order chi connectivity index (χ1) is 50.3. The first-order valence-corrected chi connectivity index (χ1v) is 36.9. The van der Waals surface area contributed by atoms with Gasteiger partial charge in [-0.15, -0.1) is 0 Å². The number of β-amino-alcohol motifs (C(OH)–C–C–N with tert-alkyl or cyclic N) is 2. The molecule has 0 bridgehead atoms. The number of likely N-dealkylation sites (tertiary alicyclic amines) is 2. The molecule has 6 aromatic rings. The number of para-hydroxylation sites is 2. The molecule has 4 aliphatic rings. The van der Waals surface area contributed by atoms with Gasteiger partial charge >= 0.3 is 11.9 Å². The van der Waals surface area contributed by atoms with Crippen LogP contribution in [0.5, 0.6) is 0 Å². The van der Waals surface area contributed by atoms with E-state index in [1.165, 1.54) is 12.8 Å². The summed E-state index contributed by atoms with van der Waals surface area (Å²) in [6.07, 6.45) is 7.47. The number of hydrogen-bond acceptors (Lipinski definition) is 16. The molecule has 2 aromatic heterocycles. The lowest BCUT2D eigenvalue weighted by Crippen LogP contribution is -2.61. The molecule has 8 amide bonds. The van der Waals surface area contributed by atoms with Crippen molar-refractivity contribution < 1.29 is 84.8 Å². The third-order valence-electron chi connectivity index (χ3n) is 19.9. The van der Waals surface area contributed by atoms with E-state index < -0.39 is 120 Å². The van der Waals surface area contributed by atoms with Crippen LogP contribution in [0.25, 0.3) is 21.8 Å². The highest BCUT2D eigenvalue weighted by atomic mass is 16.4. The molecular weight excluding hydrogens is 1400 g/mol. The lowest BCUT2D eigenvalue weighted by Gasteiger charge is -2.47. The summed E-state index contributed by atoms with van der Waals surface area (Å²) in [5.74, 6) is -4.54. The van der Waals surface area contributed by atoms with Crippen molar-refractivity contribution in [1.82, 2.24) is 51.7 Å². The Morgan fingerprint density at radius 3 is 1.12 bits per heavy atom. The number of carbonyl (C=O) groups excluding carboxylic acids is 8. The van der Waals surface area contributed by atoms with Crippen LogP contribution in [0, 0.1) is 23.7 Å². The Hall–Kier alpha value is -9.88. The van der Waals surface area contributed by atoms with Crippen LogP contribution >= 0.6 is 0 Å². The zero-order valence-corrected chi connectivity index (χ0v) is 63.1. The van der Waals surface area contributed by atoms with Crippen LogP contribution < -0.4 is 43.4 Å². The molecule has 0 unspecified atom stereocenters. The molecule has 29 heteroatoms. The number of carboxylic acid groups (broad SMARTS) is 2. The highest BCUT2D eigenvalue weighted by Crippen LogP contribution is 2.41. The molecule has 10 rings (SSSR count). The van der Waals surface area contributed by atoms with Gasteiger partial charge in [-0.25, -0.2) is 9.97 Å². The van der Waals surface area contributed by atoms with Gasteiger partial charge in [0.1, 0.15) is 23.5 Å². The van der Waals surface area contributed by atoms with Gasteiger partial charge in [0.2, 0.25) is 35.4 Å². The minimum atomic E-state index is -1.30. The van der Waals surface area contributed by atoms with E-state index in [0.29, 0.717) is 47.8 Å². The Balaban J connectivity index is 0.000000346. The predicted molar refractivity (Wildman–Crippen MR) is 412 cm³/mol. The number of nitrogens with one attached hydrogen (secondary N) is 6. The lowest BCUT2D eigenvalue weighted by atomic mass is 9.72. The number of rotatable bonds is 27. The van der Waals surface area contributed by atoms with Gasteiger partial charge in [0.15, 0.2) is 0 Å². The van der Waals surface area contributed by atoms with E-state index in [-0.39, 0.29) is 78.4 Å². The standard InChI is InChI=1S/2C38H50N6O5.C4H6O4.3H2O/c2*1-38(2,3)43-37(49)32-20-26-14-7-8-15-27(26)22-44(32)23-33(45)30(19-24-11-5-4-6-12-24)41-36(48)31(21-34(39)46)42-35(47)29-18-17-25-13-9-10-16-28(25)40-29;5-3(6)1-2-4(7)8;;;/h2*4-6,9-13,16-18,26-27,30-33,45H,7-8,14-15,19-23H2,1-3H3,(H2,39,46)(H,41,48)(H,42,47)(H,43,49);1-2H2,(H,5,6)(H,7,8);3*1H2/t2*26-,27+,30-,31-,32-,33+;;;;/m00..../s1. The normalized spacial score (nSPS) is 20.0. The first kappa shape index (κ1) is 89.7. The maximum atomic E-state index is 13.8. The molecule has 2 saturated carbocycles. The fourth-order valence-electron chi connectivity index (χ4n) is 14.7. The average Bonchev–Trinajstić information content (AvgIpc) is 0.805. The number of aliphatic hydroxyl groups excluding tert-OH is 2. The van der Waals surface area contributed by atoms with Gasteiger partial charge in [0, 0.05) is 48.0 Å². The SMILES string of the molecule is CC(C)(C)NC(=O)[C@@H]1C[C@@H]2CCCC[C@@H]2CN1C[C@@H](O)[C@H](Cc1ccccc1)NC(=O)[C@H](CC(N)=O)NC(=O)c1ccc2ccccc2n1.CC(C)(C)NC(=O)[C@@H]1C[C@@H]2CCCC[C@@H]2CN1C[C@@H](O)[C@H](Cc1ccccc1)NC(=O)[C@H](CC(N)=O)NC(=O)c1ccc2ccccc2n1.O.O.O.O=C(O)CCC(=O)O. The van der Waals surface area contributed by atoms with Crippen LogP contribution in [0.1, 0.15) is 164 Å². The van der Waals surface area contributed by atoms with E-state index in [2.05, 4.69) is 51.7 Å². The molecular formula is C80H112N12O17. The van der Waals surface area contributed by atoms with Crippen molar-refractivity contribution >= 4 is 81.0 Å². The highest BCUT2D eigenvalue weighted by molar-refractivity contribution is 6.00. The number of primary amides is 2. The molecule has 29 nitrogen and oxygen atoms in total. The van der Waals surface area contributed by atoms with Gasteiger partial charge in [0.25, 0.3) is 11.8 Å². The van der Waals surface area contributed by atoms with Crippen molar-refractivity contribution in [3.63, 3.8) is 0 Å². The van der Waals surface area contributed by atoms with Crippen LogP contribution in [0.15, 0.2) is 133 Å². The molecule has 2 saturated heterocycles. The van der Waals surface area contributed by atoms with Gasteiger partial charge in [0.05, 0.1) is 73.1 Å². The largest absolute Gasteiger partial charge is 0.481 e. The van der Waals surface area contributed by atoms with Gasteiger partial charge < -0.3 is 80.2 Å². The van der Waals surface area contributed by atoms with E-state index in [0.717, 1.165) is 73.3 Å². The third-order valence-corrected chi connectivity index (χ3v) is 19.9. The van der Waals surface area contributed by atoms with Gasteiger partial charge in [-0.05, 0) is 139 Å². The van der Waals surface area contributed by atoms with Crippen LogP contribution in [-0.2, 0) is 51.2 Å². The fraction of sp³-hybridized carbons (Fsp3) is 0.500. The predicted octanol–water partition coefficient (Wildman–Crippen LogP) is 3.65. The molecule has 4 heterocycles. The van der Waals surface area contributed by atoms with Crippen molar-refractivity contribution in [1.29, 1.82) is 0 Å². The number of benzene rings is 4. The topological polar surface area (TPSA) is 503 Å². The second-order valence-electron chi connectivity index (χ2n) is 30.7. The monoisotopic (exact) mass is 1510 g/mol. The number of aliphatic carboxylic acids is 2. The quantitative estimate of drug-likeness (QED) is 0.0350. The van der Waals surface area contributed by atoms with Crippen LogP contribution in [-0.4, -0.2) is 202 Å². The molecule has 594 valence electrons. The summed E-state index contributed by atoms with van der Waals surface area (Å²) in [6.45, 7) is 13.5. The molecule has 4 fully saturated rings. The number of pyridine rings is 2. The lowest BCUT2D eigenvalue weighted by molar-refractivity contribution is -0.143. The molecule has 2 aliphatic carbocycles. The Labute approximate surface area is 635 Å². The maximum absolute atomic E-state index is 13.8. The summed E-state index contributed by atoms with van der Waals surface area (Å²) >= 11 is 0. The molecule has 109 heavy (non-hydrogen) atoms. The number of nitrogens with zero attached hydrogens (tertiary/aromatic N) is 4. The molecule has 2 aliphatic heterocycles. The van der Waals surface area contributed by atoms with E-state index in [4.69, 9.17) is 21.7 Å². The Morgan fingerprint density at radius 2 is 0.789 bits per heavy atom. The van der Waals surface area contributed by atoms with Gasteiger partial charge in [-0.3, -0.25) is 57.7 Å². The number of hydrogen-bond donors (Lipinski definition) is 12. The Bertz CT molecular complexity index is 3760. The first-order valence-electron chi connectivity index (χ1n) is 36.9. The number of carboxylic acids is 2.